The topological polar surface area (TPSA) is 61.6 Å². The molecule has 0 aromatic heterocycles. The zero-order valence-corrected chi connectivity index (χ0v) is 11.4. The number of rotatable bonds is 3. The molecule has 0 atom stereocenters. The molecule has 1 aromatic rings. The Morgan fingerprint density at radius 2 is 2.22 bits per heavy atom. The molecule has 0 N–H and O–H groups in total. The molecular weight excluding hydrogens is 302 g/mol. The summed E-state index contributed by atoms with van der Waals surface area (Å²) in [4.78, 5) is 10.4. The predicted molar refractivity (Wildman–Crippen MR) is 70.4 cm³/mol. The highest BCUT2D eigenvalue weighted by Crippen LogP contribution is 2.39. The average molecular weight is 314 g/mol. The van der Waals surface area contributed by atoms with E-state index in [4.69, 9.17) is 9.47 Å². The Morgan fingerprint density at radius 3 is 2.89 bits per heavy atom. The maximum atomic E-state index is 10.8. The van der Waals surface area contributed by atoms with E-state index in [1.165, 1.54) is 0 Å². The second-order valence-electron chi connectivity index (χ2n) is 3.77. The van der Waals surface area contributed by atoms with Crippen molar-refractivity contribution in [3.05, 3.63) is 38.0 Å². The van der Waals surface area contributed by atoms with Crippen LogP contribution in [0.3, 0.4) is 0 Å². The van der Waals surface area contributed by atoms with Gasteiger partial charge in [-0.15, -0.1) is 0 Å². The number of benzene rings is 1. The summed E-state index contributed by atoms with van der Waals surface area (Å²) in [7, 11) is 0. The van der Waals surface area contributed by atoms with Gasteiger partial charge >= 0.3 is 0 Å². The summed E-state index contributed by atoms with van der Waals surface area (Å²) in [5.74, 6) is 1.26. The van der Waals surface area contributed by atoms with Crippen LogP contribution < -0.4 is 9.47 Å². The molecule has 0 aliphatic carbocycles. The van der Waals surface area contributed by atoms with E-state index >= 15 is 0 Å². The number of ether oxygens (including phenoxy) is 2. The lowest BCUT2D eigenvalue weighted by atomic mass is 10.1. The number of nitro groups is 1. The average Bonchev–Trinajstić information content (AvgIpc) is 2.35. The quantitative estimate of drug-likeness (QED) is 0.635. The van der Waals surface area contributed by atoms with Crippen LogP contribution in [0.15, 0.2) is 22.3 Å². The molecule has 0 amide bonds. The van der Waals surface area contributed by atoms with Gasteiger partial charge in [0, 0.05) is 12.5 Å². The summed E-state index contributed by atoms with van der Waals surface area (Å²) in [6.45, 7) is 2.75. The van der Waals surface area contributed by atoms with Crippen molar-refractivity contribution in [3.8, 4) is 11.5 Å². The molecule has 1 heterocycles. The van der Waals surface area contributed by atoms with Gasteiger partial charge in [0.15, 0.2) is 11.5 Å². The van der Waals surface area contributed by atoms with Crippen LogP contribution in [-0.4, -0.2) is 18.1 Å². The molecule has 1 aliphatic rings. The van der Waals surface area contributed by atoms with Crippen molar-refractivity contribution < 1.29 is 14.4 Å². The van der Waals surface area contributed by atoms with Crippen molar-refractivity contribution in [2.75, 3.05) is 13.2 Å². The third-order valence-corrected chi connectivity index (χ3v) is 3.14. The molecule has 0 saturated heterocycles. The summed E-state index contributed by atoms with van der Waals surface area (Å²) < 4.78 is 11.7. The van der Waals surface area contributed by atoms with Crippen LogP contribution in [0, 0.1) is 10.1 Å². The van der Waals surface area contributed by atoms with Crippen LogP contribution in [0.4, 0.5) is 0 Å². The van der Waals surface area contributed by atoms with Crippen molar-refractivity contribution in [2.24, 2.45) is 0 Å². The number of hydrogen-bond donors (Lipinski definition) is 0. The lowest BCUT2D eigenvalue weighted by Crippen LogP contribution is -2.15. The summed E-state index contributed by atoms with van der Waals surface area (Å²) in [5, 5.41) is 10.8. The van der Waals surface area contributed by atoms with Crippen molar-refractivity contribution in [1.29, 1.82) is 0 Å². The molecule has 1 aromatic carbocycles. The minimum absolute atomic E-state index is 0.165. The summed E-state index contributed by atoms with van der Waals surface area (Å²) >= 11 is 3.38. The van der Waals surface area contributed by atoms with Crippen LogP contribution in [0.1, 0.15) is 18.9 Å². The zero-order valence-electron chi connectivity index (χ0n) is 9.81. The Labute approximate surface area is 113 Å². The number of halogens is 1. The highest BCUT2D eigenvalue weighted by Gasteiger charge is 2.17. The van der Waals surface area contributed by atoms with Crippen LogP contribution in [0.5, 0.6) is 11.5 Å². The van der Waals surface area contributed by atoms with Gasteiger partial charge in [0.05, 0.1) is 9.40 Å². The van der Waals surface area contributed by atoms with Crippen molar-refractivity contribution in [3.63, 3.8) is 0 Å². The second kappa shape index (κ2) is 5.39. The van der Waals surface area contributed by atoms with Crippen molar-refractivity contribution in [2.45, 2.75) is 13.3 Å². The molecule has 0 radical (unpaired) electrons. The standard InChI is InChI=1S/C12H12BrNO4/c1-2-9(14(15)16)5-8-6-10(13)12-11(7-8)17-3-4-18-12/h5-7H,2-4H2,1H3. The number of nitrogens with zero attached hydrogens (tertiary/aromatic N) is 1. The molecular formula is C12H12BrNO4. The van der Waals surface area contributed by atoms with Gasteiger partial charge in [-0.25, -0.2) is 0 Å². The van der Waals surface area contributed by atoms with E-state index in [1.807, 2.05) is 0 Å². The lowest BCUT2D eigenvalue weighted by Gasteiger charge is -2.19. The van der Waals surface area contributed by atoms with Gasteiger partial charge in [-0.05, 0) is 33.6 Å². The molecule has 96 valence electrons. The van der Waals surface area contributed by atoms with E-state index in [2.05, 4.69) is 15.9 Å². The Morgan fingerprint density at radius 1 is 1.50 bits per heavy atom. The Kier molecular flexibility index (Phi) is 3.86. The third-order valence-electron chi connectivity index (χ3n) is 2.55. The van der Waals surface area contributed by atoms with Crippen molar-refractivity contribution >= 4 is 22.0 Å². The van der Waals surface area contributed by atoms with E-state index in [0.29, 0.717) is 31.1 Å². The molecule has 18 heavy (non-hydrogen) atoms. The molecule has 0 unspecified atom stereocenters. The van der Waals surface area contributed by atoms with Gasteiger partial charge in [0.25, 0.3) is 0 Å². The minimum Gasteiger partial charge on any atom is -0.486 e. The fourth-order valence-electron chi connectivity index (χ4n) is 1.69. The van der Waals surface area contributed by atoms with Crippen LogP contribution >= 0.6 is 15.9 Å². The van der Waals surface area contributed by atoms with E-state index in [9.17, 15) is 10.1 Å². The first kappa shape index (κ1) is 12.9. The summed E-state index contributed by atoms with van der Waals surface area (Å²) in [6.07, 6.45) is 1.92. The first-order chi connectivity index (χ1) is 8.61. The smallest absolute Gasteiger partial charge is 0.246 e. The van der Waals surface area contributed by atoms with E-state index in [1.54, 1.807) is 25.1 Å². The Hall–Kier alpha value is -1.56. The van der Waals surface area contributed by atoms with Gasteiger partial charge in [0.2, 0.25) is 5.70 Å². The van der Waals surface area contributed by atoms with Gasteiger partial charge in [-0.2, -0.15) is 0 Å². The first-order valence-electron chi connectivity index (χ1n) is 5.56. The van der Waals surface area contributed by atoms with E-state index in [0.717, 1.165) is 10.0 Å². The molecule has 0 fully saturated rings. The highest BCUT2D eigenvalue weighted by molar-refractivity contribution is 9.10. The molecule has 5 nitrogen and oxygen atoms in total. The Balaban J connectivity index is 2.41. The third kappa shape index (κ3) is 2.64. The number of allylic oxidation sites excluding steroid dienone is 1. The zero-order chi connectivity index (χ0) is 13.1. The molecule has 0 bridgehead atoms. The monoisotopic (exact) mass is 313 g/mol. The maximum absolute atomic E-state index is 10.8. The van der Waals surface area contributed by atoms with Gasteiger partial charge < -0.3 is 9.47 Å². The van der Waals surface area contributed by atoms with E-state index < -0.39 is 0 Å². The maximum Gasteiger partial charge on any atom is 0.246 e. The number of hydrogen-bond acceptors (Lipinski definition) is 4. The molecule has 6 heteroatoms. The highest BCUT2D eigenvalue weighted by atomic mass is 79.9. The largest absolute Gasteiger partial charge is 0.486 e. The molecule has 0 saturated carbocycles. The SMILES string of the molecule is CCC(=Cc1cc(Br)c2c(c1)OCCO2)[N+](=O)[O-]. The predicted octanol–water partition coefficient (Wildman–Crippen LogP) is 3.25. The summed E-state index contributed by atoms with van der Waals surface area (Å²) in [6, 6.07) is 3.53. The lowest BCUT2D eigenvalue weighted by molar-refractivity contribution is -0.425. The fourth-order valence-corrected chi connectivity index (χ4v) is 2.26. The Bertz CT molecular complexity index is 513. The van der Waals surface area contributed by atoms with Crippen LogP contribution in [0.2, 0.25) is 0 Å². The molecule has 0 spiro atoms. The first-order valence-corrected chi connectivity index (χ1v) is 6.35. The summed E-state index contributed by atoms with van der Waals surface area (Å²) in [5.41, 5.74) is 0.887. The van der Waals surface area contributed by atoms with Crippen LogP contribution in [-0.2, 0) is 0 Å². The second-order valence-corrected chi connectivity index (χ2v) is 4.63. The van der Waals surface area contributed by atoms with Crippen LogP contribution in [0.25, 0.3) is 6.08 Å². The van der Waals surface area contributed by atoms with Gasteiger partial charge in [-0.1, -0.05) is 6.92 Å². The van der Waals surface area contributed by atoms with Crippen molar-refractivity contribution in [1.82, 2.24) is 0 Å². The minimum atomic E-state index is -0.370. The number of fused-ring (bicyclic) bond motifs is 1. The fraction of sp³-hybridized carbons (Fsp3) is 0.333. The molecule has 2 rings (SSSR count). The normalized spacial score (nSPS) is 14.4. The van der Waals surface area contributed by atoms with Gasteiger partial charge in [0.1, 0.15) is 13.2 Å². The van der Waals surface area contributed by atoms with E-state index in [-0.39, 0.29) is 10.6 Å². The molecule has 1 aliphatic heterocycles. The van der Waals surface area contributed by atoms with Gasteiger partial charge in [-0.3, -0.25) is 10.1 Å².